The van der Waals surface area contributed by atoms with Crippen LogP contribution in [0, 0.1) is 0 Å². The van der Waals surface area contributed by atoms with E-state index in [1.54, 1.807) is 55.5 Å². The second-order valence-electron chi connectivity index (χ2n) is 9.66. The van der Waals surface area contributed by atoms with Gasteiger partial charge in [-0.15, -0.1) is 0 Å². The van der Waals surface area contributed by atoms with Gasteiger partial charge in [0.25, 0.3) is 0 Å². The first kappa shape index (κ1) is 29.5. The molecule has 0 saturated heterocycles. The van der Waals surface area contributed by atoms with Crippen molar-refractivity contribution in [1.82, 2.24) is 0 Å². The topological polar surface area (TPSA) is 69.7 Å². The van der Waals surface area contributed by atoms with Crippen molar-refractivity contribution in [2.45, 2.75) is 6.92 Å². The van der Waals surface area contributed by atoms with Gasteiger partial charge in [-0.2, -0.15) is 0 Å². The highest BCUT2D eigenvalue weighted by atomic mass is 31.2. The van der Waals surface area contributed by atoms with E-state index in [4.69, 9.17) is 9.47 Å². The molecule has 214 valence electrons. The second kappa shape index (κ2) is 13.3. The largest absolute Gasteiger partial charge is 0.465 e. The first-order valence-corrected chi connectivity index (χ1v) is 15.7. The normalized spacial score (nSPS) is 10.9. The summed E-state index contributed by atoms with van der Waals surface area (Å²) >= 11 is 0. The van der Waals surface area contributed by atoms with Crippen molar-refractivity contribution in [2.75, 3.05) is 13.7 Å². The summed E-state index contributed by atoms with van der Waals surface area (Å²) in [6.07, 6.45) is 0. The Morgan fingerprint density at radius 1 is 0.558 bits per heavy atom. The van der Waals surface area contributed by atoms with Crippen LogP contribution in [0.1, 0.15) is 27.6 Å². The van der Waals surface area contributed by atoms with E-state index >= 15 is 4.79 Å². The van der Waals surface area contributed by atoms with Gasteiger partial charge in [-0.1, -0.05) is 133 Å². The lowest BCUT2D eigenvalue weighted by Crippen LogP contribution is -2.38. The van der Waals surface area contributed by atoms with E-state index in [1.165, 1.54) is 7.11 Å². The van der Waals surface area contributed by atoms with Crippen LogP contribution in [0.4, 0.5) is 0 Å². The number of methoxy groups -OCH3 is 1. The molecule has 0 aliphatic rings. The van der Waals surface area contributed by atoms with E-state index in [1.807, 2.05) is 91.0 Å². The average molecular weight is 587 g/mol. The zero-order valence-electron chi connectivity index (χ0n) is 24.0. The summed E-state index contributed by atoms with van der Waals surface area (Å²) < 4.78 is 10.7. The summed E-state index contributed by atoms with van der Waals surface area (Å²) in [4.78, 5) is 42.2. The molecule has 0 atom stereocenters. The number of carbonyl (C=O) groups excluding carboxylic acids is 3. The Balaban J connectivity index is 1.96. The molecule has 0 radical (unpaired) electrons. The summed E-state index contributed by atoms with van der Waals surface area (Å²) in [7, 11) is 1.32. The van der Waals surface area contributed by atoms with Gasteiger partial charge in [-0.05, 0) is 46.9 Å². The fourth-order valence-electron chi connectivity index (χ4n) is 5.42. The molecule has 5 aromatic rings. The van der Waals surface area contributed by atoms with E-state index in [-0.39, 0.29) is 17.5 Å². The fourth-order valence-corrected chi connectivity index (χ4v) is 9.71. The molecule has 0 amide bonds. The highest BCUT2D eigenvalue weighted by molar-refractivity contribution is 7.97. The van der Waals surface area contributed by atoms with Crippen LogP contribution in [0.5, 0.6) is 0 Å². The van der Waals surface area contributed by atoms with Crippen LogP contribution < -0.4 is 15.9 Å². The molecule has 0 saturated carbocycles. The van der Waals surface area contributed by atoms with Crippen molar-refractivity contribution < 1.29 is 23.9 Å². The van der Waals surface area contributed by atoms with E-state index in [9.17, 15) is 9.59 Å². The van der Waals surface area contributed by atoms with Gasteiger partial charge < -0.3 is 9.47 Å². The molecule has 5 rings (SSSR count). The van der Waals surface area contributed by atoms with Crippen LogP contribution in [-0.4, -0.2) is 36.7 Å². The lowest BCUT2D eigenvalue weighted by molar-refractivity contribution is -0.134. The van der Waals surface area contributed by atoms with Gasteiger partial charge in [0.15, 0.2) is 0 Å². The molecule has 0 aromatic heterocycles. The molecular formula is C37H31O5P. The van der Waals surface area contributed by atoms with Crippen molar-refractivity contribution in [1.29, 1.82) is 0 Å². The summed E-state index contributed by atoms with van der Waals surface area (Å²) in [5.41, 5.74) is 1.65. The first-order chi connectivity index (χ1) is 21.0. The molecule has 0 heterocycles. The standard InChI is InChI=1S/C37H31O5P/c1-3-42-37(40)35(34(38)32-25-15-13-23-30(32)31-24-14-16-26-33(31)36(39)41-2)43(27-17-7-4-8-18-27,28-19-9-5-10-20-28)29-21-11-6-12-22-29/h4-26H,3H2,1-2H3. The Hall–Kier alpha value is -4.99. The highest BCUT2D eigenvalue weighted by Gasteiger charge is 2.38. The van der Waals surface area contributed by atoms with Gasteiger partial charge in [-0.3, -0.25) is 4.79 Å². The van der Waals surface area contributed by atoms with Crippen LogP contribution in [-0.2, 0) is 14.3 Å². The quantitative estimate of drug-likeness (QED) is 0.0910. The van der Waals surface area contributed by atoms with Crippen molar-refractivity contribution in [3.63, 3.8) is 0 Å². The van der Waals surface area contributed by atoms with Gasteiger partial charge in [0.1, 0.15) is 5.29 Å². The number of carbonyl (C=O) groups is 3. The monoisotopic (exact) mass is 586 g/mol. The predicted molar refractivity (Wildman–Crippen MR) is 174 cm³/mol. The van der Waals surface area contributed by atoms with Crippen LogP contribution in [0.25, 0.3) is 11.1 Å². The van der Waals surface area contributed by atoms with Crippen molar-refractivity contribution in [3.05, 3.63) is 151 Å². The number of benzene rings is 5. The van der Waals surface area contributed by atoms with E-state index < -0.39 is 24.6 Å². The lowest BCUT2D eigenvalue weighted by Gasteiger charge is -2.31. The fraction of sp³-hybridized carbons (Fsp3) is 0.0811. The number of esters is 2. The van der Waals surface area contributed by atoms with Gasteiger partial charge in [0.2, 0.25) is 5.78 Å². The van der Waals surface area contributed by atoms with Gasteiger partial charge >= 0.3 is 11.9 Å². The van der Waals surface area contributed by atoms with Crippen LogP contribution in [0.2, 0.25) is 0 Å². The van der Waals surface area contributed by atoms with Gasteiger partial charge in [0, 0.05) is 5.56 Å². The zero-order chi connectivity index (χ0) is 30.2. The number of ether oxygens (including phenoxy) is 2. The maximum Gasteiger partial charge on any atom is 0.343 e. The Morgan fingerprint density at radius 3 is 1.40 bits per heavy atom. The minimum absolute atomic E-state index is 0.0564. The molecular weight excluding hydrogens is 555 g/mol. The third-order valence-corrected chi connectivity index (χ3v) is 11.5. The molecule has 0 spiro atoms. The third kappa shape index (κ3) is 5.60. The molecule has 0 aliphatic carbocycles. The van der Waals surface area contributed by atoms with E-state index in [0.29, 0.717) is 16.7 Å². The second-order valence-corrected chi connectivity index (χ2v) is 13.0. The Kier molecular flexibility index (Phi) is 9.14. The van der Waals surface area contributed by atoms with Crippen LogP contribution in [0.15, 0.2) is 140 Å². The Labute approximate surface area is 251 Å². The third-order valence-electron chi connectivity index (χ3n) is 7.24. The smallest absolute Gasteiger partial charge is 0.343 e. The number of ketones is 1. The van der Waals surface area contributed by atoms with Crippen molar-refractivity contribution >= 4 is 45.8 Å². The summed E-state index contributed by atoms with van der Waals surface area (Å²) in [6, 6.07) is 43.1. The van der Waals surface area contributed by atoms with Crippen molar-refractivity contribution in [2.24, 2.45) is 0 Å². The number of hydrogen-bond donors (Lipinski definition) is 0. The van der Waals surface area contributed by atoms with E-state index in [2.05, 4.69) is 0 Å². The maximum atomic E-state index is 15.1. The predicted octanol–water partition coefficient (Wildman–Crippen LogP) is 6.05. The minimum Gasteiger partial charge on any atom is -0.465 e. The lowest BCUT2D eigenvalue weighted by atomic mass is 9.92. The molecule has 43 heavy (non-hydrogen) atoms. The van der Waals surface area contributed by atoms with Gasteiger partial charge in [-0.25, -0.2) is 9.59 Å². The molecule has 6 heteroatoms. The summed E-state index contributed by atoms with van der Waals surface area (Å²) in [5.74, 6) is -1.65. The Bertz CT molecular complexity index is 1710. The Morgan fingerprint density at radius 2 is 0.953 bits per heavy atom. The number of hydrogen-bond acceptors (Lipinski definition) is 5. The molecule has 0 fully saturated rings. The average Bonchev–Trinajstić information content (AvgIpc) is 3.07. The zero-order valence-corrected chi connectivity index (χ0v) is 24.9. The molecule has 0 bridgehead atoms. The molecule has 5 nitrogen and oxygen atoms in total. The molecule has 5 aromatic carbocycles. The van der Waals surface area contributed by atoms with Crippen LogP contribution >= 0.6 is 6.89 Å². The summed E-state index contributed by atoms with van der Waals surface area (Å²) in [6.45, 7) is -1.29. The van der Waals surface area contributed by atoms with Crippen LogP contribution in [0.3, 0.4) is 0 Å². The molecule has 0 N–H and O–H groups in total. The maximum absolute atomic E-state index is 15.1. The number of rotatable bonds is 9. The van der Waals surface area contributed by atoms with Gasteiger partial charge in [0.05, 0.1) is 19.3 Å². The van der Waals surface area contributed by atoms with Crippen molar-refractivity contribution in [3.8, 4) is 11.1 Å². The molecule has 0 aliphatic heterocycles. The minimum atomic E-state index is -3.12. The van der Waals surface area contributed by atoms with E-state index in [0.717, 1.165) is 15.9 Å². The SMILES string of the molecule is CCOC(=O)C(C(=O)c1ccccc1-c1ccccc1C(=O)OC)=P(c1ccccc1)(c1ccccc1)c1ccccc1. The molecule has 0 unspecified atom stereocenters. The number of Topliss-reactive ketones (excluding diaryl/α,β-unsaturated/α-hetero) is 1. The summed E-state index contributed by atoms with van der Waals surface area (Å²) in [5, 5.41) is 2.59. The highest BCUT2D eigenvalue weighted by Crippen LogP contribution is 2.47. The first-order valence-electron chi connectivity index (χ1n) is 14.0.